The molecular weight excluding hydrogens is 253 g/mol. The number of hydrogen-bond acceptors (Lipinski definition) is 2. The van der Waals surface area contributed by atoms with Gasteiger partial charge in [-0.3, -0.25) is 0 Å². The molecule has 0 saturated heterocycles. The summed E-state index contributed by atoms with van der Waals surface area (Å²) in [4.78, 5) is 0. The van der Waals surface area contributed by atoms with Crippen LogP contribution in [-0.2, 0) is 0 Å². The van der Waals surface area contributed by atoms with E-state index in [9.17, 15) is 9.50 Å². The van der Waals surface area contributed by atoms with E-state index in [1.165, 1.54) is 18.6 Å². The van der Waals surface area contributed by atoms with E-state index >= 15 is 0 Å². The van der Waals surface area contributed by atoms with Crippen LogP contribution in [0.5, 0.6) is 0 Å². The highest BCUT2D eigenvalue weighted by Gasteiger charge is 2.41. The summed E-state index contributed by atoms with van der Waals surface area (Å²) in [6.45, 7) is 6.54. The van der Waals surface area contributed by atoms with Crippen LogP contribution < -0.4 is 0 Å². The zero-order valence-corrected chi connectivity index (χ0v) is 12.4. The zero-order valence-electron chi connectivity index (χ0n) is 12.4. The number of rotatable bonds is 2. The molecule has 0 spiro atoms. The van der Waals surface area contributed by atoms with Crippen LogP contribution in [0.25, 0.3) is 0 Å². The Morgan fingerprint density at radius 2 is 2.15 bits per heavy atom. The summed E-state index contributed by atoms with van der Waals surface area (Å²) in [5.41, 5.74) is 0.704. The van der Waals surface area contributed by atoms with E-state index in [0.717, 1.165) is 12.8 Å². The van der Waals surface area contributed by atoms with Gasteiger partial charge in [-0.15, -0.1) is 0 Å². The zero-order chi connectivity index (χ0) is 14.9. The summed E-state index contributed by atoms with van der Waals surface area (Å²) >= 11 is 0. The van der Waals surface area contributed by atoms with Crippen LogP contribution in [0, 0.1) is 34.4 Å². The molecule has 0 amide bonds. The Kier molecular flexibility index (Phi) is 4.15. The maximum Gasteiger partial charge on any atom is 0.140 e. The largest absolute Gasteiger partial charge is 0.388 e. The minimum atomic E-state index is -0.645. The maximum absolute atomic E-state index is 13.4. The molecule has 108 valence electrons. The van der Waals surface area contributed by atoms with Crippen molar-refractivity contribution in [3.05, 3.63) is 35.1 Å². The van der Waals surface area contributed by atoms with Gasteiger partial charge in [0, 0.05) is 0 Å². The fraction of sp³-hybridized carbons (Fsp3) is 0.588. The Bertz CT molecular complexity index is 532. The Morgan fingerprint density at radius 1 is 1.45 bits per heavy atom. The van der Waals surface area contributed by atoms with Gasteiger partial charge in [-0.2, -0.15) is 5.26 Å². The second-order valence-electron chi connectivity index (χ2n) is 6.68. The van der Waals surface area contributed by atoms with Gasteiger partial charge in [-0.05, 0) is 41.4 Å². The summed E-state index contributed by atoms with van der Waals surface area (Å²) in [5.74, 6) is 0.0250. The predicted molar refractivity (Wildman–Crippen MR) is 76.4 cm³/mol. The van der Waals surface area contributed by atoms with Gasteiger partial charge in [0.05, 0.1) is 11.7 Å². The molecule has 1 aliphatic carbocycles. The summed E-state index contributed by atoms with van der Waals surface area (Å²) < 4.78 is 13.4. The summed E-state index contributed by atoms with van der Waals surface area (Å²) in [6.07, 6.45) is 2.74. The first-order valence-electron chi connectivity index (χ1n) is 7.24. The quantitative estimate of drug-likeness (QED) is 0.879. The van der Waals surface area contributed by atoms with Crippen LogP contribution in [0.3, 0.4) is 0 Å². The van der Waals surface area contributed by atoms with Gasteiger partial charge < -0.3 is 5.11 Å². The SMILES string of the molecule is C[C@H]1CCCC(C)(C)[C@@H]1[C@H](O)c1ccc(F)c(C#N)c1. The molecule has 1 aromatic carbocycles. The molecule has 0 aliphatic heterocycles. The van der Waals surface area contributed by atoms with Gasteiger partial charge in [-0.1, -0.05) is 39.7 Å². The lowest BCUT2D eigenvalue weighted by Gasteiger charge is -2.45. The van der Waals surface area contributed by atoms with Gasteiger partial charge in [0.25, 0.3) is 0 Å². The van der Waals surface area contributed by atoms with Crippen molar-refractivity contribution in [2.75, 3.05) is 0 Å². The molecule has 0 aromatic heterocycles. The number of benzene rings is 1. The van der Waals surface area contributed by atoms with Gasteiger partial charge in [0.2, 0.25) is 0 Å². The molecule has 3 atom stereocenters. The fourth-order valence-corrected chi connectivity index (χ4v) is 3.75. The lowest BCUT2D eigenvalue weighted by Crippen LogP contribution is -2.37. The topological polar surface area (TPSA) is 44.0 Å². The third kappa shape index (κ3) is 2.71. The number of nitrogens with zero attached hydrogens (tertiary/aromatic N) is 1. The van der Waals surface area contributed by atoms with E-state index in [-0.39, 0.29) is 16.9 Å². The minimum Gasteiger partial charge on any atom is -0.388 e. The Morgan fingerprint density at radius 3 is 2.75 bits per heavy atom. The van der Waals surface area contributed by atoms with Crippen molar-refractivity contribution in [2.45, 2.75) is 46.1 Å². The maximum atomic E-state index is 13.4. The Labute approximate surface area is 120 Å². The third-order valence-corrected chi connectivity index (χ3v) is 4.79. The Hall–Kier alpha value is -1.40. The summed E-state index contributed by atoms with van der Waals surface area (Å²) in [5, 5.41) is 19.6. The molecule has 1 aromatic rings. The molecule has 1 fully saturated rings. The molecule has 2 nitrogen and oxygen atoms in total. The van der Waals surface area contributed by atoms with Crippen LogP contribution >= 0.6 is 0 Å². The van der Waals surface area contributed by atoms with Gasteiger partial charge in [0.15, 0.2) is 0 Å². The molecule has 1 aliphatic rings. The van der Waals surface area contributed by atoms with E-state index in [4.69, 9.17) is 5.26 Å². The normalized spacial score (nSPS) is 26.8. The second kappa shape index (κ2) is 5.54. The summed E-state index contributed by atoms with van der Waals surface area (Å²) in [6, 6.07) is 6.19. The minimum absolute atomic E-state index is 0.00261. The molecule has 0 unspecified atom stereocenters. The van der Waals surface area contributed by atoms with Crippen molar-refractivity contribution in [3.8, 4) is 6.07 Å². The van der Waals surface area contributed by atoms with Crippen molar-refractivity contribution in [1.29, 1.82) is 5.26 Å². The van der Waals surface area contributed by atoms with E-state index < -0.39 is 11.9 Å². The van der Waals surface area contributed by atoms with Crippen LogP contribution in [0.1, 0.15) is 57.3 Å². The smallest absolute Gasteiger partial charge is 0.140 e. The lowest BCUT2D eigenvalue weighted by molar-refractivity contribution is -0.0293. The molecule has 1 N–H and O–H groups in total. The second-order valence-corrected chi connectivity index (χ2v) is 6.68. The number of nitriles is 1. The Balaban J connectivity index is 2.34. The average Bonchev–Trinajstić information content (AvgIpc) is 2.37. The molecule has 0 radical (unpaired) electrons. The average molecular weight is 275 g/mol. The van der Waals surface area contributed by atoms with E-state index in [1.807, 2.05) is 6.07 Å². The molecule has 1 saturated carbocycles. The molecule has 3 heteroatoms. The number of aliphatic hydroxyl groups excluding tert-OH is 1. The van der Waals surface area contributed by atoms with Crippen molar-refractivity contribution in [2.24, 2.45) is 17.3 Å². The van der Waals surface area contributed by atoms with Gasteiger partial charge in [-0.25, -0.2) is 4.39 Å². The third-order valence-electron chi connectivity index (χ3n) is 4.79. The summed E-state index contributed by atoms with van der Waals surface area (Å²) in [7, 11) is 0. The lowest BCUT2D eigenvalue weighted by atomic mass is 9.61. The highest BCUT2D eigenvalue weighted by atomic mass is 19.1. The van der Waals surface area contributed by atoms with Crippen LogP contribution in [0.15, 0.2) is 18.2 Å². The van der Waals surface area contributed by atoms with Crippen molar-refractivity contribution < 1.29 is 9.50 Å². The standard InChI is InChI=1S/C17H22FNO/c1-11-5-4-8-17(2,3)15(11)16(20)12-6-7-14(18)13(9-12)10-19/h6-7,9,11,15-16,20H,4-5,8H2,1-3H3/t11-,15-,16+/m0/s1. The van der Waals surface area contributed by atoms with Crippen LogP contribution in [0.2, 0.25) is 0 Å². The molecular formula is C17H22FNO. The van der Waals surface area contributed by atoms with Crippen LogP contribution in [0.4, 0.5) is 4.39 Å². The van der Waals surface area contributed by atoms with Crippen molar-refractivity contribution >= 4 is 0 Å². The van der Waals surface area contributed by atoms with Crippen LogP contribution in [-0.4, -0.2) is 5.11 Å². The van der Waals surface area contributed by atoms with E-state index in [0.29, 0.717) is 11.5 Å². The molecule has 20 heavy (non-hydrogen) atoms. The monoisotopic (exact) mass is 275 g/mol. The fourth-order valence-electron chi connectivity index (χ4n) is 3.75. The highest BCUT2D eigenvalue weighted by molar-refractivity contribution is 5.35. The van der Waals surface area contributed by atoms with E-state index in [2.05, 4.69) is 20.8 Å². The van der Waals surface area contributed by atoms with Gasteiger partial charge >= 0.3 is 0 Å². The van der Waals surface area contributed by atoms with Gasteiger partial charge in [0.1, 0.15) is 11.9 Å². The van der Waals surface area contributed by atoms with Crippen molar-refractivity contribution in [1.82, 2.24) is 0 Å². The first kappa shape index (κ1) is 15.0. The molecule has 0 heterocycles. The molecule has 0 bridgehead atoms. The number of halogens is 1. The first-order chi connectivity index (χ1) is 9.36. The number of aliphatic hydroxyl groups is 1. The highest BCUT2D eigenvalue weighted by Crippen LogP contribution is 2.49. The van der Waals surface area contributed by atoms with E-state index in [1.54, 1.807) is 6.07 Å². The molecule has 2 rings (SSSR count). The predicted octanol–water partition coefficient (Wildman–Crippen LogP) is 4.19. The first-order valence-corrected chi connectivity index (χ1v) is 7.24. The van der Waals surface area contributed by atoms with Crippen molar-refractivity contribution in [3.63, 3.8) is 0 Å². The number of hydrogen-bond donors (Lipinski definition) is 1.